The fourth-order valence-corrected chi connectivity index (χ4v) is 8.78. The van der Waals surface area contributed by atoms with Crippen molar-refractivity contribution in [3.05, 3.63) is 194 Å². The van der Waals surface area contributed by atoms with E-state index >= 15 is 0 Å². The van der Waals surface area contributed by atoms with E-state index in [2.05, 4.69) is 204 Å². The van der Waals surface area contributed by atoms with E-state index in [1.807, 2.05) is 11.3 Å². The number of rotatable bonds is 6. The fourth-order valence-electron chi connectivity index (χ4n) is 7.62. The molecular formula is C48H32N2S. The Morgan fingerprint density at radius 2 is 0.882 bits per heavy atom. The molecule has 2 heterocycles. The topological polar surface area (TPSA) is 8.17 Å². The van der Waals surface area contributed by atoms with E-state index < -0.39 is 0 Å². The zero-order chi connectivity index (χ0) is 33.7. The first-order valence-electron chi connectivity index (χ1n) is 17.4. The summed E-state index contributed by atoms with van der Waals surface area (Å²) in [5.41, 5.74) is 11.9. The third kappa shape index (κ3) is 5.01. The summed E-state index contributed by atoms with van der Waals surface area (Å²) in [6.07, 6.45) is 0. The summed E-state index contributed by atoms with van der Waals surface area (Å²) in [5.74, 6) is 0. The molecule has 0 spiro atoms. The minimum Gasteiger partial charge on any atom is -0.310 e. The zero-order valence-electron chi connectivity index (χ0n) is 27.8. The van der Waals surface area contributed by atoms with Gasteiger partial charge in [-0.3, -0.25) is 0 Å². The number of fused-ring (bicyclic) bond motifs is 6. The normalized spacial score (nSPS) is 11.5. The SMILES string of the molecule is c1ccc(-c2ccc(N(c3ccc(-c4ccccc4)cc3)c3cccc4sc5cc(-n6c7ccccc7c7ccccc76)ccc5c34)cc2)cc1. The number of para-hydroxylation sites is 2. The summed E-state index contributed by atoms with van der Waals surface area (Å²) in [6, 6.07) is 70.3. The number of hydrogen-bond acceptors (Lipinski definition) is 2. The Labute approximate surface area is 300 Å². The monoisotopic (exact) mass is 668 g/mol. The zero-order valence-corrected chi connectivity index (χ0v) is 28.6. The van der Waals surface area contributed by atoms with Crippen LogP contribution >= 0.6 is 11.3 Å². The largest absolute Gasteiger partial charge is 0.310 e. The highest BCUT2D eigenvalue weighted by molar-refractivity contribution is 7.26. The lowest BCUT2D eigenvalue weighted by molar-refractivity contribution is 1.19. The molecule has 0 N–H and O–H groups in total. The van der Waals surface area contributed by atoms with Gasteiger partial charge in [0.25, 0.3) is 0 Å². The van der Waals surface area contributed by atoms with Crippen LogP contribution in [0.25, 0.3) is 69.9 Å². The highest BCUT2D eigenvalue weighted by Gasteiger charge is 2.20. The summed E-state index contributed by atoms with van der Waals surface area (Å²) in [5, 5.41) is 5.09. The van der Waals surface area contributed by atoms with Crippen LogP contribution in [-0.2, 0) is 0 Å². The lowest BCUT2D eigenvalue weighted by Crippen LogP contribution is -2.10. The molecule has 51 heavy (non-hydrogen) atoms. The quantitative estimate of drug-likeness (QED) is 0.171. The van der Waals surface area contributed by atoms with Crippen LogP contribution < -0.4 is 4.90 Å². The lowest BCUT2D eigenvalue weighted by Gasteiger charge is -2.27. The molecule has 0 saturated carbocycles. The third-order valence-electron chi connectivity index (χ3n) is 10.0. The van der Waals surface area contributed by atoms with Gasteiger partial charge in [0.05, 0.1) is 16.7 Å². The predicted octanol–water partition coefficient (Wildman–Crippen LogP) is 14.0. The molecular weight excluding hydrogens is 637 g/mol. The first-order chi connectivity index (χ1) is 25.3. The van der Waals surface area contributed by atoms with Gasteiger partial charge >= 0.3 is 0 Å². The van der Waals surface area contributed by atoms with E-state index in [9.17, 15) is 0 Å². The molecule has 0 radical (unpaired) electrons. The molecule has 0 bridgehead atoms. The van der Waals surface area contributed by atoms with E-state index in [1.165, 1.54) is 75.6 Å². The van der Waals surface area contributed by atoms with Gasteiger partial charge in [-0.2, -0.15) is 0 Å². The van der Waals surface area contributed by atoms with Gasteiger partial charge in [-0.05, 0) is 82.9 Å². The molecule has 0 atom stereocenters. The Bertz CT molecular complexity index is 2690. The molecule has 0 saturated heterocycles. The molecule has 10 aromatic rings. The Morgan fingerprint density at radius 3 is 1.45 bits per heavy atom. The van der Waals surface area contributed by atoms with E-state index in [0.717, 1.165) is 11.4 Å². The molecule has 8 aromatic carbocycles. The van der Waals surface area contributed by atoms with E-state index in [-0.39, 0.29) is 0 Å². The molecule has 0 fully saturated rings. The maximum atomic E-state index is 2.42. The van der Waals surface area contributed by atoms with Crippen LogP contribution in [0.3, 0.4) is 0 Å². The second-order valence-electron chi connectivity index (χ2n) is 13.0. The van der Waals surface area contributed by atoms with Gasteiger partial charge in [-0.15, -0.1) is 11.3 Å². The van der Waals surface area contributed by atoms with Crippen molar-refractivity contribution in [2.45, 2.75) is 0 Å². The van der Waals surface area contributed by atoms with Gasteiger partial charge in [0, 0.05) is 48.0 Å². The number of benzene rings is 8. The number of nitrogens with zero attached hydrogens (tertiary/aromatic N) is 2. The molecule has 0 amide bonds. The van der Waals surface area contributed by atoms with Crippen molar-refractivity contribution in [1.29, 1.82) is 0 Å². The standard InChI is InChI=1S/C48H32N2S/c1-3-12-33(13-4-1)35-22-26-37(27-23-35)49(38-28-24-36(25-29-38)34-14-5-2-6-15-34)45-20-11-21-46-48(45)42-31-30-39(32-47(42)51-46)50-43-18-9-7-16-40(43)41-17-8-10-19-44(41)50/h1-32H. The highest BCUT2D eigenvalue weighted by atomic mass is 32.1. The highest BCUT2D eigenvalue weighted by Crippen LogP contribution is 2.46. The van der Waals surface area contributed by atoms with Gasteiger partial charge < -0.3 is 9.47 Å². The summed E-state index contributed by atoms with van der Waals surface area (Å²) in [4.78, 5) is 2.42. The second-order valence-corrected chi connectivity index (χ2v) is 14.0. The molecule has 240 valence electrons. The molecule has 2 nitrogen and oxygen atoms in total. The van der Waals surface area contributed by atoms with Gasteiger partial charge in [0.2, 0.25) is 0 Å². The summed E-state index contributed by atoms with van der Waals surface area (Å²) < 4.78 is 4.95. The van der Waals surface area contributed by atoms with Crippen molar-refractivity contribution in [2.24, 2.45) is 0 Å². The molecule has 0 aliphatic carbocycles. The number of anilines is 3. The molecule has 10 rings (SSSR count). The lowest BCUT2D eigenvalue weighted by atomic mass is 10.0. The summed E-state index contributed by atoms with van der Waals surface area (Å²) in [7, 11) is 0. The molecule has 0 unspecified atom stereocenters. The third-order valence-corrected chi connectivity index (χ3v) is 11.1. The molecule has 0 aliphatic rings. The predicted molar refractivity (Wildman–Crippen MR) is 219 cm³/mol. The summed E-state index contributed by atoms with van der Waals surface area (Å²) >= 11 is 1.87. The molecule has 3 heteroatoms. The van der Waals surface area contributed by atoms with E-state index in [0.29, 0.717) is 0 Å². The maximum absolute atomic E-state index is 2.42. The average molecular weight is 669 g/mol. The Hall–Kier alpha value is -6.42. The van der Waals surface area contributed by atoms with Crippen molar-refractivity contribution < 1.29 is 0 Å². The molecule has 0 aliphatic heterocycles. The van der Waals surface area contributed by atoms with Gasteiger partial charge in [0.15, 0.2) is 0 Å². The van der Waals surface area contributed by atoms with Crippen molar-refractivity contribution >= 4 is 70.4 Å². The van der Waals surface area contributed by atoms with Crippen LogP contribution in [-0.4, -0.2) is 4.57 Å². The van der Waals surface area contributed by atoms with Crippen molar-refractivity contribution in [3.8, 4) is 27.9 Å². The Morgan fingerprint density at radius 1 is 0.373 bits per heavy atom. The van der Waals surface area contributed by atoms with Gasteiger partial charge in [-0.25, -0.2) is 0 Å². The Balaban J connectivity index is 1.14. The van der Waals surface area contributed by atoms with Crippen LogP contribution in [0.2, 0.25) is 0 Å². The first kappa shape index (κ1) is 29.5. The van der Waals surface area contributed by atoms with Gasteiger partial charge in [0.1, 0.15) is 0 Å². The Kier molecular flexibility index (Phi) is 7.04. The smallest absolute Gasteiger partial charge is 0.0554 e. The summed E-state index contributed by atoms with van der Waals surface area (Å²) in [6.45, 7) is 0. The molecule has 2 aromatic heterocycles. The van der Waals surface area contributed by atoms with Crippen LogP contribution in [0, 0.1) is 0 Å². The van der Waals surface area contributed by atoms with Crippen LogP contribution in [0.5, 0.6) is 0 Å². The second kappa shape index (κ2) is 12.2. The van der Waals surface area contributed by atoms with Crippen molar-refractivity contribution in [3.63, 3.8) is 0 Å². The minimum atomic E-state index is 1.12. The van der Waals surface area contributed by atoms with Crippen LogP contribution in [0.4, 0.5) is 17.1 Å². The average Bonchev–Trinajstić information content (AvgIpc) is 3.75. The minimum absolute atomic E-state index is 1.12. The fraction of sp³-hybridized carbons (Fsp3) is 0. The van der Waals surface area contributed by atoms with E-state index in [1.54, 1.807) is 0 Å². The van der Waals surface area contributed by atoms with E-state index in [4.69, 9.17) is 0 Å². The van der Waals surface area contributed by atoms with Gasteiger partial charge in [-0.1, -0.05) is 133 Å². The first-order valence-corrected chi connectivity index (χ1v) is 18.2. The van der Waals surface area contributed by atoms with Crippen LogP contribution in [0.1, 0.15) is 0 Å². The number of aromatic nitrogens is 1. The number of hydrogen-bond donors (Lipinski definition) is 0. The van der Waals surface area contributed by atoms with Crippen molar-refractivity contribution in [1.82, 2.24) is 4.57 Å². The van der Waals surface area contributed by atoms with Crippen molar-refractivity contribution in [2.75, 3.05) is 4.90 Å². The van der Waals surface area contributed by atoms with Crippen LogP contribution in [0.15, 0.2) is 194 Å². The maximum Gasteiger partial charge on any atom is 0.0554 e. The number of thiophene rings is 1.